The smallest absolute Gasteiger partial charge is 0.251 e. The lowest BCUT2D eigenvalue weighted by Crippen LogP contribution is -2.32. The lowest BCUT2D eigenvalue weighted by Gasteiger charge is -2.15. The number of rotatable bonds is 3. The van der Waals surface area contributed by atoms with Gasteiger partial charge >= 0.3 is 0 Å². The molecule has 2 atom stereocenters. The van der Waals surface area contributed by atoms with Gasteiger partial charge in [-0.15, -0.1) is 0 Å². The third-order valence-electron chi connectivity index (χ3n) is 4.16. The molecule has 3 rings (SSSR count). The second-order valence-corrected chi connectivity index (χ2v) is 5.42. The van der Waals surface area contributed by atoms with E-state index in [2.05, 4.69) is 17.6 Å². The summed E-state index contributed by atoms with van der Waals surface area (Å²) in [6, 6.07) is 5.96. The zero-order valence-corrected chi connectivity index (χ0v) is 11.2. The van der Waals surface area contributed by atoms with Gasteiger partial charge in [0.25, 0.3) is 5.91 Å². The topological polar surface area (TPSA) is 50.4 Å². The van der Waals surface area contributed by atoms with E-state index in [1.54, 1.807) is 0 Å². The van der Waals surface area contributed by atoms with Crippen LogP contribution in [0.2, 0.25) is 0 Å². The Bertz CT molecular complexity index is 487. The van der Waals surface area contributed by atoms with Crippen molar-refractivity contribution >= 4 is 5.91 Å². The molecule has 19 heavy (non-hydrogen) atoms. The summed E-state index contributed by atoms with van der Waals surface area (Å²) in [6.45, 7) is 5.37. The molecule has 2 heterocycles. The van der Waals surface area contributed by atoms with Gasteiger partial charge < -0.3 is 15.4 Å². The van der Waals surface area contributed by atoms with Crippen LogP contribution in [-0.2, 0) is 17.8 Å². The van der Waals surface area contributed by atoms with Crippen LogP contribution in [0.15, 0.2) is 18.2 Å². The van der Waals surface area contributed by atoms with Crippen LogP contribution in [0.4, 0.5) is 0 Å². The van der Waals surface area contributed by atoms with E-state index in [-0.39, 0.29) is 12.0 Å². The van der Waals surface area contributed by atoms with E-state index < -0.39 is 0 Å². The summed E-state index contributed by atoms with van der Waals surface area (Å²) >= 11 is 0. The Balaban J connectivity index is 1.61. The lowest BCUT2D eigenvalue weighted by atomic mass is 10.0. The monoisotopic (exact) mass is 260 g/mol. The second kappa shape index (κ2) is 5.31. The first-order valence-electron chi connectivity index (χ1n) is 6.96. The average Bonchev–Trinajstić information content (AvgIpc) is 3.03. The van der Waals surface area contributed by atoms with Gasteiger partial charge in [-0.25, -0.2) is 0 Å². The number of hydrogen-bond donors (Lipinski definition) is 2. The van der Waals surface area contributed by atoms with Crippen LogP contribution < -0.4 is 10.6 Å². The van der Waals surface area contributed by atoms with E-state index in [1.165, 1.54) is 11.1 Å². The fourth-order valence-electron chi connectivity index (χ4n) is 2.81. The summed E-state index contributed by atoms with van der Waals surface area (Å²) in [6.07, 6.45) is 1.29. The van der Waals surface area contributed by atoms with Gasteiger partial charge in [-0.05, 0) is 36.6 Å². The Morgan fingerprint density at radius 2 is 2.26 bits per heavy atom. The molecule has 1 fully saturated rings. The Labute approximate surface area is 113 Å². The summed E-state index contributed by atoms with van der Waals surface area (Å²) in [7, 11) is 0. The van der Waals surface area contributed by atoms with Gasteiger partial charge in [-0.3, -0.25) is 4.79 Å². The molecule has 102 valence electrons. The summed E-state index contributed by atoms with van der Waals surface area (Å²) in [4.78, 5) is 12.1. The molecule has 0 bridgehead atoms. The fraction of sp³-hybridized carbons (Fsp3) is 0.533. The van der Waals surface area contributed by atoms with Crippen molar-refractivity contribution in [3.05, 3.63) is 34.9 Å². The number of ether oxygens (including phenoxy) is 1. The maximum atomic E-state index is 12.1. The molecule has 0 aliphatic carbocycles. The number of carbonyl (C=O) groups is 1. The minimum absolute atomic E-state index is 0.0220. The van der Waals surface area contributed by atoms with Crippen LogP contribution in [0.5, 0.6) is 0 Å². The van der Waals surface area contributed by atoms with E-state index in [9.17, 15) is 4.79 Å². The van der Waals surface area contributed by atoms with Gasteiger partial charge in [-0.1, -0.05) is 6.07 Å². The fourth-order valence-corrected chi connectivity index (χ4v) is 2.81. The molecular formula is C15H20N2O2. The zero-order valence-electron chi connectivity index (χ0n) is 11.2. The van der Waals surface area contributed by atoms with Crippen molar-refractivity contribution < 1.29 is 9.53 Å². The van der Waals surface area contributed by atoms with Crippen molar-refractivity contribution in [2.75, 3.05) is 13.2 Å². The number of fused-ring (bicyclic) bond motifs is 1. The van der Waals surface area contributed by atoms with Crippen LogP contribution in [0.25, 0.3) is 0 Å². The van der Waals surface area contributed by atoms with Crippen molar-refractivity contribution in [1.82, 2.24) is 10.6 Å². The molecule has 0 spiro atoms. The minimum atomic E-state index is 0.0220. The highest BCUT2D eigenvalue weighted by atomic mass is 16.5. The molecule has 2 unspecified atom stereocenters. The Hall–Kier alpha value is -1.39. The van der Waals surface area contributed by atoms with Gasteiger partial charge in [0, 0.05) is 37.7 Å². The second-order valence-electron chi connectivity index (χ2n) is 5.42. The molecule has 4 nitrogen and oxygen atoms in total. The number of hydrogen-bond acceptors (Lipinski definition) is 3. The number of nitrogens with one attached hydrogen (secondary N) is 2. The molecule has 1 aromatic rings. The van der Waals surface area contributed by atoms with Crippen LogP contribution in [-0.4, -0.2) is 25.2 Å². The van der Waals surface area contributed by atoms with E-state index >= 15 is 0 Å². The predicted molar refractivity (Wildman–Crippen MR) is 72.8 cm³/mol. The van der Waals surface area contributed by atoms with Crippen LogP contribution in [0, 0.1) is 5.92 Å². The summed E-state index contributed by atoms with van der Waals surface area (Å²) < 4.78 is 5.50. The van der Waals surface area contributed by atoms with Gasteiger partial charge in [-0.2, -0.15) is 0 Å². The Morgan fingerprint density at radius 3 is 3.05 bits per heavy atom. The summed E-state index contributed by atoms with van der Waals surface area (Å²) in [5.74, 6) is 0.467. The average molecular weight is 260 g/mol. The van der Waals surface area contributed by atoms with Crippen LogP contribution >= 0.6 is 0 Å². The van der Waals surface area contributed by atoms with Gasteiger partial charge in [0.15, 0.2) is 0 Å². The molecule has 0 radical (unpaired) electrons. The molecule has 4 heteroatoms. The van der Waals surface area contributed by atoms with Gasteiger partial charge in [0.1, 0.15) is 0 Å². The maximum Gasteiger partial charge on any atom is 0.251 e. The summed E-state index contributed by atoms with van der Waals surface area (Å²) in [5, 5.41) is 6.31. The first-order chi connectivity index (χ1) is 9.24. The first kappa shape index (κ1) is 12.6. The number of carbonyl (C=O) groups excluding carboxylic acids is 1. The van der Waals surface area contributed by atoms with Crippen molar-refractivity contribution in [3.63, 3.8) is 0 Å². The van der Waals surface area contributed by atoms with Crippen molar-refractivity contribution in [1.29, 1.82) is 0 Å². The molecule has 1 aromatic carbocycles. The highest BCUT2D eigenvalue weighted by Crippen LogP contribution is 2.20. The van der Waals surface area contributed by atoms with Crippen molar-refractivity contribution in [2.24, 2.45) is 5.92 Å². The quantitative estimate of drug-likeness (QED) is 0.864. The van der Waals surface area contributed by atoms with E-state index in [1.807, 2.05) is 18.2 Å². The maximum absolute atomic E-state index is 12.1. The molecule has 0 saturated carbocycles. The Morgan fingerprint density at radius 1 is 1.42 bits per heavy atom. The lowest BCUT2D eigenvalue weighted by molar-refractivity contribution is 0.0907. The zero-order chi connectivity index (χ0) is 13.2. The summed E-state index contributed by atoms with van der Waals surface area (Å²) in [5.41, 5.74) is 3.30. The normalized spacial score (nSPS) is 25.3. The molecule has 2 aliphatic heterocycles. The molecule has 2 aliphatic rings. The molecule has 0 aromatic heterocycles. The van der Waals surface area contributed by atoms with Gasteiger partial charge in [0.05, 0.1) is 6.10 Å². The van der Waals surface area contributed by atoms with E-state index in [0.29, 0.717) is 12.5 Å². The van der Waals surface area contributed by atoms with Crippen LogP contribution in [0.3, 0.4) is 0 Å². The highest BCUT2D eigenvalue weighted by Gasteiger charge is 2.24. The molecule has 2 N–H and O–H groups in total. The molecular weight excluding hydrogens is 240 g/mol. The van der Waals surface area contributed by atoms with Crippen molar-refractivity contribution in [3.8, 4) is 0 Å². The first-order valence-corrected chi connectivity index (χ1v) is 6.96. The third-order valence-corrected chi connectivity index (χ3v) is 4.16. The number of amides is 1. The van der Waals surface area contributed by atoms with Crippen LogP contribution in [0.1, 0.15) is 34.8 Å². The SMILES string of the molecule is CC1OCCC1CNC(=O)c1ccc2c(c1)CNC2. The molecule has 1 amide bonds. The molecule has 1 saturated heterocycles. The third kappa shape index (κ3) is 2.65. The Kier molecular flexibility index (Phi) is 3.53. The minimum Gasteiger partial charge on any atom is -0.378 e. The largest absolute Gasteiger partial charge is 0.378 e. The van der Waals surface area contributed by atoms with E-state index in [4.69, 9.17) is 4.74 Å². The predicted octanol–water partition coefficient (Wildman–Crippen LogP) is 1.44. The highest BCUT2D eigenvalue weighted by molar-refractivity contribution is 5.94. The van der Waals surface area contributed by atoms with Gasteiger partial charge in [0.2, 0.25) is 0 Å². The van der Waals surface area contributed by atoms with Crippen molar-refractivity contribution in [2.45, 2.75) is 32.5 Å². The number of benzene rings is 1. The standard InChI is InChI=1S/C15H20N2O2/c1-10-12(4-5-19-10)9-17-15(18)11-2-3-13-7-16-8-14(13)6-11/h2-3,6,10,12,16H,4-5,7-9H2,1H3,(H,17,18). The van der Waals surface area contributed by atoms with E-state index in [0.717, 1.165) is 31.7 Å².